The Morgan fingerprint density at radius 2 is 1.74 bits per heavy atom. The Hall–Kier alpha value is -2.85. The molecule has 0 aliphatic carbocycles. The third-order valence-corrected chi connectivity index (χ3v) is 4.70. The molecule has 0 radical (unpaired) electrons. The van der Waals surface area contributed by atoms with E-state index >= 15 is 0 Å². The van der Waals surface area contributed by atoms with Gasteiger partial charge in [-0.1, -0.05) is 55.8 Å². The van der Waals surface area contributed by atoms with E-state index in [0.29, 0.717) is 10.9 Å². The molecular formula is C22H21ClN4. The summed E-state index contributed by atoms with van der Waals surface area (Å²) < 4.78 is 2.09. The second-order valence-corrected chi connectivity index (χ2v) is 7.39. The molecule has 2 aromatic carbocycles. The zero-order valence-electron chi connectivity index (χ0n) is 15.4. The number of nitrogens with one attached hydrogen (secondary N) is 1. The van der Waals surface area contributed by atoms with E-state index in [4.69, 9.17) is 11.6 Å². The predicted molar refractivity (Wildman–Crippen MR) is 113 cm³/mol. The lowest BCUT2D eigenvalue weighted by molar-refractivity contribution is 0.687. The van der Waals surface area contributed by atoms with Crippen molar-refractivity contribution in [1.29, 1.82) is 0 Å². The van der Waals surface area contributed by atoms with Crippen LogP contribution in [0.4, 0.5) is 5.82 Å². The van der Waals surface area contributed by atoms with Crippen molar-refractivity contribution in [3.05, 3.63) is 72.1 Å². The minimum Gasteiger partial charge on any atom is -0.369 e. The van der Waals surface area contributed by atoms with Crippen molar-refractivity contribution in [2.24, 2.45) is 5.92 Å². The van der Waals surface area contributed by atoms with E-state index < -0.39 is 0 Å². The molecule has 4 aromatic rings. The molecule has 0 saturated carbocycles. The summed E-state index contributed by atoms with van der Waals surface area (Å²) in [6.07, 6.45) is 3.74. The van der Waals surface area contributed by atoms with E-state index in [2.05, 4.69) is 52.0 Å². The molecular weight excluding hydrogens is 356 g/mol. The average molecular weight is 377 g/mol. The van der Waals surface area contributed by atoms with Crippen LogP contribution in [0.1, 0.15) is 13.8 Å². The van der Waals surface area contributed by atoms with E-state index in [-0.39, 0.29) is 0 Å². The fraction of sp³-hybridized carbons (Fsp3) is 0.182. The molecule has 0 amide bonds. The van der Waals surface area contributed by atoms with Crippen molar-refractivity contribution >= 4 is 28.5 Å². The Kier molecular flexibility index (Phi) is 4.82. The largest absolute Gasteiger partial charge is 0.369 e. The molecule has 2 heterocycles. The maximum absolute atomic E-state index is 6.07. The van der Waals surface area contributed by atoms with Crippen LogP contribution in [0.15, 0.2) is 67.1 Å². The molecule has 136 valence electrons. The standard InChI is InChI=1S/C22H21ClN4/c1-15(2)12-24-21-20-19(16-6-4-3-5-7-16)13-27(22(20)26-14-25-21)18-10-8-17(23)9-11-18/h3-11,13-15H,12H2,1-2H3,(H,24,25,26). The first-order valence-electron chi connectivity index (χ1n) is 9.05. The summed E-state index contributed by atoms with van der Waals surface area (Å²) in [6, 6.07) is 18.1. The van der Waals surface area contributed by atoms with Gasteiger partial charge in [-0.25, -0.2) is 9.97 Å². The van der Waals surface area contributed by atoms with E-state index in [1.54, 1.807) is 6.33 Å². The molecule has 0 aliphatic heterocycles. The van der Waals surface area contributed by atoms with Crippen molar-refractivity contribution in [2.45, 2.75) is 13.8 Å². The van der Waals surface area contributed by atoms with Gasteiger partial charge in [-0.15, -0.1) is 0 Å². The van der Waals surface area contributed by atoms with Crippen LogP contribution in [0.25, 0.3) is 27.8 Å². The molecule has 27 heavy (non-hydrogen) atoms. The Morgan fingerprint density at radius 3 is 2.44 bits per heavy atom. The first-order chi connectivity index (χ1) is 13.1. The van der Waals surface area contributed by atoms with Gasteiger partial charge in [0.1, 0.15) is 12.1 Å². The fourth-order valence-electron chi connectivity index (χ4n) is 3.13. The minimum absolute atomic E-state index is 0.522. The Balaban J connectivity index is 1.95. The van der Waals surface area contributed by atoms with Crippen LogP contribution in [0.2, 0.25) is 5.02 Å². The van der Waals surface area contributed by atoms with Crippen molar-refractivity contribution in [3.63, 3.8) is 0 Å². The maximum atomic E-state index is 6.07. The van der Waals surface area contributed by atoms with Crippen LogP contribution in [0.3, 0.4) is 0 Å². The number of aromatic nitrogens is 3. The normalized spacial score (nSPS) is 11.3. The monoisotopic (exact) mass is 376 g/mol. The summed E-state index contributed by atoms with van der Waals surface area (Å²) in [5.41, 5.74) is 4.13. The van der Waals surface area contributed by atoms with Gasteiger partial charge in [0.15, 0.2) is 5.65 Å². The van der Waals surface area contributed by atoms with E-state index in [9.17, 15) is 0 Å². The van der Waals surface area contributed by atoms with Gasteiger partial charge >= 0.3 is 0 Å². The lowest BCUT2D eigenvalue weighted by Gasteiger charge is -2.10. The zero-order valence-corrected chi connectivity index (χ0v) is 16.1. The van der Waals surface area contributed by atoms with Gasteiger partial charge in [-0.05, 0) is 35.7 Å². The second kappa shape index (κ2) is 7.41. The number of anilines is 1. The number of rotatable bonds is 5. The van der Waals surface area contributed by atoms with Gasteiger partial charge in [0.05, 0.1) is 5.39 Å². The summed E-state index contributed by atoms with van der Waals surface area (Å²) >= 11 is 6.07. The summed E-state index contributed by atoms with van der Waals surface area (Å²) in [5, 5.41) is 5.23. The fourth-order valence-corrected chi connectivity index (χ4v) is 3.26. The molecule has 0 spiro atoms. The Morgan fingerprint density at radius 1 is 1.00 bits per heavy atom. The highest BCUT2D eigenvalue weighted by Gasteiger charge is 2.17. The smallest absolute Gasteiger partial charge is 0.150 e. The van der Waals surface area contributed by atoms with Crippen LogP contribution in [0, 0.1) is 5.92 Å². The molecule has 0 saturated heterocycles. The van der Waals surface area contributed by atoms with Gasteiger partial charge in [0, 0.05) is 29.0 Å². The van der Waals surface area contributed by atoms with Gasteiger partial charge in [0.25, 0.3) is 0 Å². The maximum Gasteiger partial charge on any atom is 0.150 e. The summed E-state index contributed by atoms with van der Waals surface area (Å²) in [4.78, 5) is 9.12. The van der Waals surface area contributed by atoms with Gasteiger partial charge in [0.2, 0.25) is 0 Å². The van der Waals surface area contributed by atoms with Crippen molar-refractivity contribution in [3.8, 4) is 16.8 Å². The van der Waals surface area contributed by atoms with E-state index in [1.165, 1.54) is 0 Å². The van der Waals surface area contributed by atoms with Crippen LogP contribution >= 0.6 is 11.6 Å². The molecule has 4 rings (SSSR count). The van der Waals surface area contributed by atoms with Gasteiger partial charge in [-0.3, -0.25) is 0 Å². The summed E-state index contributed by atoms with van der Waals surface area (Å²) in [5.74, 6) is 1.38. The average Bonchev–Trinajstić information content (AvgIpc) is 3.08. The lowest BCUT2D eigenvalue weighted by Crippen LogP contribution is -2.09. The molecule has 0 unspecified atom stereocenters. The molecule has 0 bridgehead atoms. The number of benzene rings is 2. The summed E-state index contributed by atoms with van der Waals surface area (Å²) in [6.45, 7) is 5.22. The minimum atomic E-state index is 0.522. The molecule has 5 heteroatoms. The highest BCUT2D eigenvalue weighted by Crippen LogP contribution is 2.35. The quantitative estimate of drug-likeness (QED) is 0.478. The van der Waals surface area contributed by atoms with Gasteiger partial charge < -0.3 is 9.88 Å². The van der Waals surface area contributed by atoms with E-state index in [1.807, 2.05) is 42.5 Å². The number of fused-ring (bicyclic) bond motifs is 1. The van der Waals surface area contributed by atoms with Crippen molar-refractivity contribution in [1.82, 2.24) is 14.5 Å². The van der Waals surface area contributed by atoms with Crippen LogP contribution in [-0.4, -0.2) is 21.1 Å². The zero-order chi connectivity index (χ0) is 18.8. The highest BCUT2D eigenvalue weighted by molar-refractivity contribution is 6.30. The Labute approximate surface area is 163 Å². The number of halogens is 1. The summed E-state index contributed by atoms with van der Waals surface area (Å²) in [7, 11) is 0. The molecule has 0 fully saturated rings. The SMILES string of the molecule is CC(C)CNc1ncnc2c1c(-c1ccccc1)cn2-c1ccc(Cl)cc1. The number of hydrogen-bond donors (Lipinski definition) is 1. The van der Waals surface area contributed by atoms with Crippen molar-refractivity contribution in [2.75, 3.05) is 11.9 Å². The first-order valence-corrected chi connectivity index (χ1v) is 9.42. The van der Waals surface area contributed by atoms with E-state index in [0.717, 1.165) is 40.2 Å². The second-order valence-electron chi connectivity index (χ2n) is 6.95. The van der Waals surface area contributed by atoms with Gasteiger partial charge in [-0.2, -0.15) is 0 Å². The predicted octanol–water partition coefficient (Wildman–Crippen LogP) is 5.81. The number of nitrogens with zero attached hydrogens (tertiary/aromatic N) is 3. The highest BCUT2D eigenvalue weighted by atomic mass is 35.5. The topological polar surface area (TPSA) is 42.7 Å². The molecule has 0 aliphatic rings. The third kappa shape index (κ3) is 3.53. The Bertz CT molecular complexity index is 1050. The van der Waals surface area contributed by atoms with Crippen molar-refractivity contribution < 1.29 is 0 Å². The lowest BCUT2D eigenvalue weighted by atomic mass is 10.1. The van der Waals surface area contributed by atoms with Crippen LogP contribution in [-0.2, 0) is 0 Å². The third-order valence-electron chi connectivity index (χ3n) is 4.45. The van der Waals surface area contributed by atoms with Crippen LogP contribution in [0.5, 0.6) is 0 Å². The molecule has 0 atom stereocenters. The molecule has 1 N–H and O–H groups in total. The molecule has 2 aromatic heterocycles. The first kappa shape index (κ1) is 17.6. The van der Waals surface area contributed by atoms with Crippen LogP contribution < -0.4 is 5.32 Å². The number of hydrogen-bond acceptors (Lipinski definition) is 3. The molecule has 4 nitrogen and oxygen atoms in total.